The van der Waals surface area contributed by atoms with E-state index >= 15 is 0 Å². The maximum absolute atomic E-state index is 12.8. The van der Waals surface area contributed by atoms with Crippen LogP contribution < -0.4 is 10.6 Å². The van der Waals surface area contributed by atoms with Gasteiger partial charge in [0, 0.05) is 6.04 Å². The highest BCUT2D eigenvalue weighted by Crippen LogP contribution is 2.33. The molecular weight excluding hydrogens is 359 g/mol. The first-order valence-electron chi connectivity index (χ1n) is 7.59. The number of halogens is 4. The summed E-state index contributed by atoms with van der Waals surface area (Å²) in [6.45, 7) is 5.13. The maximum Gasteiger partial charge on any atom is 0.416 e. The zero-order valence-electron chi connectivity index (χ0n) is 14.4. The molecule has 1 atom stereocenters. The van der Waals surface area contributed by atoms with Crippen LogP contribution in [0.5, 0.6) is 0 Å². The summed E-state index contributed by atoms with van der Waals surface area (Å²) in [5.41, 5.74) is -1.04. The average Bonchev–Trinajstić information content (AvgIpc) is 2.46. The lowest BCUT2D eigenvalue weighted by Crippen LogP contribution is -2.46. The predicted octanol–water partition coefficient (Wildman–Crippen LogP) is 3.14. The normalized spacial score (nSPS) is 13.0. The van der Waals surface area contributed by atoms with Gasteiger partial charge in [-0.25, -0.2) is 0 Å². The van der Waals surface area contributed by atoms with Crippen molar-refractivity contribution in [1.29, 1.82) is 0 Å². The summed E-state index contributed by atoms with van der Waals surface area (Å²) < 4.78 is 38.3. The van der Waals surface area contributed by atoms with Crippen molar-refractivity contribution in [2.24, 2.45) is 0 Å². The lowest BCUT2D eigenvalue weighted by molar-refractivity contribution is -0.137. The van der Waals surface area contributed by atoms with Gasteiger partial charge >= 0.3 is 6.18 Å². The number of nitrogens with one attached hydrogen (secondary N) is 2. The molecule has 1 aromatic carbocycles. The van der Waals surface area contributed by atoms with Crippen LogP contribution in [-0.2, 0) is 15.8 Å². The van der Waals surface area contributed by atoms with Crippen molar-refractivity contribution in [1.82, 2.24) is 10.2 Å². The second-order valence-corrected chi connectivity index (χ2v) is 6.40. The van der Waals surface area contributed by atoms with Gasteiger partial charge in [0.15, 0.2) is 0 Å². The molecule has 25 heavy (non-hydrogen) atoms. The SMILES string of the molecule is CC(C)NC(=O)CN(C)[C@H](C)C(=O)Nc1cc(C(F)(F)F)ccc1Cl. The fourth-order valence-corrected chi connectivity index (χ4v) is 2.13. The number of alkyl halides is 3. The molecule has 0 saturated carbocycles. The molecule has 140 valence electrons. The molecule has 0 fully saturated rings. The van der Waals surface area contributed by atoms with Gasteiger partial charge in [-0.05, 0) is 46.0 Å². The van der Waals surface area contributed by atoms with Gasteiger partial charge in [-0.2, -0.15) is 13.2 Å². The molecule has 0 heterocycles. The number of nitrogens with zero attached hydrogens (tertiary/aromatic N) is 1. The van der Waals surface area contributed by atoms with Crippen LogP contribution in [0.4, 0.5) is 18.9 Å². The Kier molecular flexibility index (Phi) is 7.25. The standard InChI is InChI=1S/C16H21ClF3N3O2/c1-9(2)21-14(24)8-23(4)10(3)15(25)22-13-7-11(16(18,19)20)5-6-12(13)17/h5-7,9-10H,8H2,1-4H3,(H,21,24)(H,22,25)/t10-/m1/s1. The molecule has 0 bridgehead atoms. The molecule has 0 radical (unpaired) electrons. The monoisotopic (exact) mass is 379 g/mol. The number of rotatable bonds is 6. The fraction of sp³-hybridized carbons (Fsp3) is 0.500. The molecule has 5 nitrogen and oxygen atoms in total. The largest absolute Gasteiger partial charge is 0.416 e. The molecule has 0 aromatic heterocycles. The van der Waals surface area contributed by atoms with E-state index in [0.29, 0.717) is 0 Å². The molecule has 0 aliphatic rings. The summed E-state index contributed by atoms with van der Waals surface area (Å²) in [7, 11) is 1.57. The fourth-order valence-electron chi connectivity index (χ4n) is 1.97. The topological polar surface area (TPSA) is 61.4 Å². The second kappa shape index (κ2) is 8.53. The van der Waals surface area contributed by atoms with Crippen LogP contribution in [0.25, 0.3) is 0 Å². The first-order valence-corrected chi connectivity index (χ1v) is 7.96. The summed E-state index contributed by atoms with van der Waals surface area (Å²) in [6, 6.07) is 1.91. The molecule has 0 saturated heterocycles. The van der Waals surface area contributed by atoms with E-state index in [-0.39, 0.29) is 29.2 Å². The Labute approximate surface area is 149 Å². The summed E-state index contributed by atoms with van der Waals surface area (Å²) in [4.78, 5) is 25.5. The van der Waals surface area contributed by atoms with E-state index in [1.54, 1.807) is 14.0 Å². The van der Waals surface area contributed by atoms with Crippen molar-refractivity contribution >= 4 is 29.1 Å². The van der Waals surface area contributed by atoms with Gasteiger partial charge in [-0.3, -0.25) is 14.5 Å². The molecule has 1 rings (SSSR count). The summed E-state index contributed by atoms with van der Waals surface area (Å²) in [6.07, 6.45) is -4.54. The number of anilines is 1. The number of likely N-dealkylation sites (N-methyl/N-ethyl adjacent to an activating group) is 1. The number of carbonyl (C=O) groups excluding carboxylic acids is 2. The zero-order chi connectivity index (χ0) is 19.4. The summed E-state index contributed by atoms with van der Waals surface area (Å²) in [5.74, 6) is -0.824. The zero-order valence-corrected chi connectivity index (χ0v) is 15.1. The quantitative estimate of drug-likeness (QED) is 0.798. The van der Waals surface area contributed by atoms with Gasteiger partial charge in [0.05, 0.1) is 28.9 Å². The Morgan fingerprint density at radius 2 is 1.84 bits per heavy atom. The molecule has 1 aromatic rings. The molecule has 0 aliphatic heterocycles. The average molecular weight is 380 g/mol. The number of hydrogen-bond acceptors (Lipinski definition) is 3. The van der Waals surface area contributed by atoms with E-state index in [1.165, 1.54) is 4.90 Å². The second-order valence-electron chi connectivity index (χ2n) is 5.99. The lowest BCUT2D eigenvalue weighted by atomic mass is 10.2. The smallest absolute Gasteiger partial charge is 0.353 e. The minimum absolute atomic E-state index is 0.00578. The third-order valence-corrected chi connectivity index (χ3v) is 3.76. The van der Waals surface area contributed by atoms with Crippen molar-refractivity contribution < 1.29 is 22.8 Å². The van der Waals surface area contributed by atoms with Crippen LogP contribution in [0.2, 0.25) is 5.02 Å². The van der Waals surface area contributed by atoms with Crippen LogP contribution in [0, 0.1) is 0 Å². The van der Waals surface area contributed by atoms with E-state index in [9.17, 15) is 22.8 Å². The Morgan fingerprint density at radius 1 is 1.24 bits per heavy atom. The highest BCUT2D eigenvalue weighted by molar-refractivity contribution is 6.33. The van der Waals surface area contributed by atoms with Crippen LogP contribution in [0.3, 0.4) is 0 Å². The van der Waals surface area contributed by atoms with Gasteiger partial charge in [-0.1, -0.05) is 11.6 Å². The van der Waals surface area contributed by atoms with E-state index in [4.69, 9.17) is 11.6 Å². The van der Waals surface area contributed by atoms with Crippen molar-refractivity contribution in [2.75, 3.05) is 18.9 Å². The minimum atomic E-state index is -4.54. The van der Waals surface area contributed by atoms with Crippen LogP contribution in [-0.4, -0.2) is 42.4 Å². The molecule has 0 aliphatic carbocycles. The van der Waals surface area contributed by atoms with Crippen molar-refractivity contribution in [3.8, 4) is 0 Å². The highest BCUT2D eigenvalue weighted by atomic mass is 35.5. The number of benzene rings is 1. The first-order chi connectivity index (χ1) is 11.4. The Bertz CT molecular complexity index is 636. The third kappa shape index (κ3) is 6.55. The van der Waals surface area contributed by atoms with E-state index < -0.39 is 23.7 Å². The van der Waals surface area contributed by atoms with Crippen molar-refractivity contribution in [3.05, 3.63) is 28.8 Å². The first kappa shape index (κ1) is 21.2. The van der Waals surface area contributed by atoms with Gasteiger partial charge in [0.1, 0.15) is 0 Å². The Morgan fingerprint density at radius 3 is 2.36 bits per heavy atom. The van der Waals surface area contributed by atoms with Crippen molar-refractivity contribution in [3.63, 3.8) is 0 Å². The maximum atomic E-state index is 12.8. The third-order valence-electron chi connectivity index (χ3n) is 3.43. The number of carbonyl (C=O) groups is 2. The van der Waals surface area contributed by atoms with Gasteiger partial charge < -0.3 is 10.6 Å². The van der Waals surface area contributed by atoms with Gasteiger partial charge in [0.25, 0.3) is 0 Å². The predicted molar refractivity (Wildman–Crippen MR) is 90.5 cm³/mol. The molecule has 2 N–H and O–H groups in total. The van der Waals surface area contributed by atoms with Crippen molar-refractivity contribution in [2.45, 2.75) is 39.0 Å². The lowest BCUT2D eigenvalue weighted by Gasteiger charge is -2.24. The Balaban J connectivity index is 2.79. The number of hydrogen-bond donors (Lipinski definition) is 2. The molecule has 0 unspecified atom stereocenters. The summed E-state index contributed by atoms with van der Waals surface area (Å²) in [5, 5.41) is 5.06. The molecule has 2 amide bonds. The van der Waals surface area contributed by atoms with Crippen LogP contribution in [0.1, 0.15) is 26.3 Å². The van der Waals surface area contributed by atoms with Gasteiger partial charge in [0.2, 0.25) is 11.8 Å². The Hall–Kier alpha value is -1.80. The van der Waals surface area contributed by atoms with Crippen LogP contribution in [0.15, 0.2) is 18.2 Å². The van der Waals surface area contributed by atoms with E-state index in [1.807, 2.05) is 13.8 Å². The highest BCUT2D eigenvalue weighted by Gasteiger charge is 2.31. The summed E-state index contributed by atoms with van der Waals surface area (Å²) >= 11 is 5.86. The van der Waals surface area contributed by atoms with E-state index in [2.05, 4.69) is 10.6 Å². The van der Waals surface area contributed by atoms with Gasteiger partial charge in [-0.15, -0.1) is 0 Å². The molecule has 9 heteroatoms. The molecular formula is C16H21ClF3N3O2. The van der Waals surface area contributed by atoms with Crippen LogP contribution >= 0.6 is 11.6 Å². The number of amides is 2. The minimum Gasteiger partial charge on any atom is -0.353 e. The van der Waals surface area contributed by atoms with E-state index in [0.717, 1.165) is 18.2 Å². The molecule has 0 spiro atoms.